The normalized spacial score (nSPS) is 9.56. The fraction of sp³-hybridized carbons (Fsp3) is 0. The van der Waals surface area contributed by atoms with E-state index in [1.165, 1.54) is 27.6 Å². The van der Waals surface area contributed by atoms with Gasteiger partial charge >= 0.3 is 0 Å². The smallest absolute Gasteiger partial charge is 0.142 e. The molecular formula is C17H14O. The molecule has 1 heteroatoms. The van der Waals surface area contributed by atoms with Crippen LogP contribution in [0.5, 0.6) is 0 Å². The first kappa shape index (κ1) is 12.1. The van der Waals surface area contributed by atoms with E-state index in [1.807, 2.05) is 0 Å². The summed E-state index contributed by atoms with van der Waals surface area (Å²) in [7, 11) is 0. The molecule has 0 N–H and O–H groups in total. The minimum atomic E-state index is 0.639. The van der Waals surface area contributed by atoms with Gasteiger partial charge in [0.2, 0.25) is 0 Å². The monoisotopic (exact) mass is 234 g/mol. The summed E-state index contributed by atoms with van der Waals surface area (Å²) >= 11 is 0. The van der Waals surface area contributed by atoms with Crippen LogP contribution < -0.4 is 0 Å². The van der Waals surface area contributed by atoms with E-state index in [2.05, 4.69) is 67.2 Å². The van der Waals surface area contributed by atoms with Crippen LogP contribution in [-0.4, -0.2) is 6.29 Å². The van der Waals surface area contributed by atoms with Crippen molar-refractivity contribution in [3.8, 4) is 0 Å². The molecule has 0 aliphatic heterocycles. The molecule has 3 aromatic carbocycles. The van der Waals surface area contributed by atoms with Crippen LogP contribution in [0.2, 0.25) is 0 Å². The van der Waals surface area contributed by atoms with E-state index in [0.717, 1.165) is 0 Å². The molecular weight excluding hydrogens is 220 g/mol. The summed E-state index contributed by atoms with van der Waals surface area (Å²) in [6.45, 7) is 3.11. The first-order chi connectivity index (χ1) is 8.85. The second-order valence-electron chi connectivity index (χ2n) is 3.92. The fourth-order valence-electron chi connectivity index (χ4n) is 1.88. The molecule has 0 heterocycles. The minimum Gasteiger partial charge on any atom is -0.299 e. The Kier molecular flexibility index (Phi) is 3.87. The number of rotatable bonds is 1. The zero-order chi connectivity index (χ0) is 12.8. The van der Waals surface area contributed by atoms with Gasteiger partial charge in [0.15, 0.2) is 0 Å². The summed E-state index contributed by atoms with van der Waals surface area (Å²) in [5, 5.41) is 5.25. The van der Waals surface area contributed by atoms with Gasteiger partial charge in [-0.05, 0) is 39.8 Å². The third-order valence-corrected chi connectivity index (χ3v) is 2.71. The highest BCUT2D eigenvalue weighted by Gasteiger charge is 1.95. The van der Waals surface area contributed by atoms with Crippen LogP contribution in [-0.2, 0) is 4.79 Å². The summed E-state index contributed by atoms with van der Waals surface area (Å²) in [6.07, 6.45) is 1.83. The number of carbonyl (C=O) groups excluding carboxylic acids is 1. The van der Waals surface area contributed by atoms with Crippen molar-refractivity contribution in [1.29, 1.82) is 0 Å². The molecule has 0 amide bonds. The van der Waals surface area contributed by atoms with Crippen molar-refractivity contribution >= 4 is 27.8 Å². The number of fused-ring (bicyclic) bond motifs is 2. The molecule has 0 aromatic heterocycles. The lowest BCUT2D eigenvalue weighted by atomic mass is 10.0. The van der Waals surface area contributed by atoms with Crippen molar-refractivity contribution in [2.24, 2.45) is 0 Å². The Hall–Kier alpha value is -2.41. The van der Waals surface area contributed by atoms with Gasteiger partial charge in [-0.1, -0.05) is 55.1 Å². The first-order valence-electron chi connectivity index (χ1n) is 5.79. The Balaban J connectivity index is 0.000000267. The highest BCUT2D eigenvalue weighted by atomic mass is 16.1. The van der Waals surface area contributed by atoms with Crippen LogP contribution in [0.3, 0.4) is 0 Å². The van der Waals surface area contributed by atoms with Crippen LogP contribution >= 0.6 is 0 Å². The summed E-state index contributed by atoms with van der Waals surface area (Å²) in [4.78, 5) is 9.06. The molecule has 0 aliphatic carbocycles. The average Bonchev–Trinajstić information content (AvgIpc) is 2.45. The summed E-state index contributed by atoms with van der Waals surface area (Å²) in [5.74, 6) is 0. The predicted molar refractivity (Wildman–Crippen MR) is 77.7 cm³/mol. The predicted octanol–water partition coefficient (Wildman–Crippen LogP) is 4.36. The summed E-state index contributed by atoms with van der Waals surface area (Å²) in [5.41, 5.74) is 0. The SMILES string of the molecule is C=CC=O.c1ccc2cc3ccccc3cc2c1. The standard InChI is InChI=1S/C14H10.C3H4O/c1-2-6-12-10-14-8-4-3-7-13(14)9-11(12)5-1;1-2-3-4/h1-10H;2-3H,1H2. The molecule has 0 fully saturated rings. The Morgan fingerprint density at radius 2 is 1.00 bits per heavy atom. The molecule has 0 bridgehead atoms. The van der Waals surface area contributed by atoms with Gasteiger partial charge in [0.1, 0.15) is 6.29 Å². The van der Waals surface area contributed by atoms with Gasteiger partial charge in [-0.25, -0.2) is 0 Å². The summed E-state index contributed by atoms with van der Waals surface area (Å²) < 4.78 is 0. The largest absolute Gasteiger partial charge is 0.299 e. The Morgan fingerprint density at radius 1 is 0.722 bits per heavy atom. The van der Waals surface area contributed by atoms with Crippen LogP contribution in [0.1, 0.15) is 0 Å². The molecule has 0 unspecified atom stereocenters. The van der Waals surface area contributed by atoms with Crippen LogP contribution in [0.25, 0.3) is 21.5 Å². The zero-order valence-electron chi connectivity index (χ0n) is 10.0. The van der Waals surface area contributed by atoms with E-state index in [9.17, 15) is 0 Å². The average molecular weight is 234 g/mol. The van der Waals surface area contributed by atoms with Crippen molar-refractivity contribution < 1.29 is 4.79 Å². The van der Waals surface area contributed by atoms with Crippen LogP contribution in [0.4, 0.5) is 0 Å². The van der Waals surface area contributed by atoms with Crippen molar-refractivity contribution in [1.82, 2.24) is 0 Å². The van der Waals surface area contributed by atoms with Gasteiger partial charge in [0.05, 0.1) is 0 Å². The molecule has 0 radical (unpaired) electrons. The zero-order valence-corrected chi connectivity index (χ0v) is 10.0. The van der Waals surface area contributed by atoms with Gasteiger partial charge in [-0.3, -0.25) is 4.79 Å². The molecule has 0 saturated heterocycles. The molecule has 18 heavy (non-hydrogen) atoms. The topological polar surface area (TPSA) is 17.1 Å². The van der Waals surface area contributed by atoms with Gasteiger partial charge in [0, 0.05) is 0 Å². The number of benzene rings is 3. The van der Waals surface area contributed by atoms with Gasteiger partial charge < -0.3 is 0 Å². The van der Waals surface area contributed by atoms with Crippen molar-refractivity contribution in [3.63, 3.8) is 0 Å². The van der Waals surface area contributed by atoms with Crippen molar-refractivity contribution in [3.05, 3.63) is 73.3 Å². The number of hydrogen-bond donors (Lipinski definition) is 0. The number of aldehydes is 1. The first-order valence-corrected chi connectivity index (χ1v) is 5.79. The quantitative estimate of drug-likeness (QED) is 0.347. The van der Waals surface area contributed by atoms with Crippen LogP contribution in [0, 0.1) is 0 Å². The van der Waals surface area contributed by atoms with Crippen LogP contribution in [0.15, 0.2) is 73.3 Å². The lowest BCUT2D eigenvalue weighted by Crippen LogP contribution is -1.74. The maximum Gasteiger partial charge on any atom is 0.142 e. The molecule has 88 valence electrons. The van der Waals surface area contributed by atoms with E-state index in [1.54, 1.807) is 0 Å². The molecule has 3 rings (SSSR count). The number of carbonyl (C=O) groups is 1. The number of hydrogen-bond acceptors (Lipinski definition) is 1. The van der Waals surface area contributed by atoms with Gasteiger partial charge in [-0.2, -0.15) is 0 Å². The van der Waals surface area contributed by atoms with Crippen molar-refractivity contribution in [2.75, 3.05) is 0 Å². The lowest BCUT2D eigenvalue weighted by molar-refractivity contribution is -0.104. The Labute approximate surface area is 106 Å². The van der Waals surface area contributed by atoms with E-state index in [0.29, 0.717) is 6.29 Å². The Morgan fingerprint density at radius 3 is 1.22 bits per heavy atom. The molecule has 0 saturated carbocycles. The highest BCUT2D eigenvalue weighted by molar-refractivity contribution is 5.98. The third-order valence-electron chi connectivity index (χ3n) is 2.71. The fourth-order valence-corrected chi connectivity index (χ4v) is 1.88. The van der Waals surface area contributed by atoms with Gasteiger partial charge in [-0.15, -0.1) is 0 Å². The van der Waals surface area contributed by atoms with E-state index in [-0.39, 0.29) is 0 Å². The third kappa shape index (κ3) is 2.64. The van der Waals surface area contributed by atoms with E-state index in [4.69, 9.17) is 4.79 Å². The molecule has 3 aromatic rings. The van der Waals surface area contributed by atoms with E-state index < -0.39 is 0 Å². The molecule has 1 nitrogen and oxygen atoms in total. The maximum absolute atomic E-state index is 9.06. The highest BCUT2D eigenvalue weighted by Crippen LogP contribution is 2.21. The van der Waals surface area contributed by atoms with Gasteiger partial charge in [0.25, 0.3) is 0 Å². The molecule has 0 spiro atoms. The number of allylic oxidation sites excluding steroid dienone is 1. The second kappa shape index (κ2) is 5.78. The minimum absolute atomic E-state index is 0.639. The van der Waals surface area contributed by atoms with Crippen molar-refractivity contribution in [2.45, 2.75) is 0 Å². The molecule has 0 aliphatic rings. The second-order valence-corrected chi connectivity index (χ2v) is 3.92. The Bertz CT molecular complexity index is 572. The maximum atomic E-state index is 9.06. The summed E-state index contributed by atoms with van der Waals surface area (Å²) in [6, 6.07) is 21.4. The lowest BCUT2D eigenvalue weighted by Gasteiger charge is -2.00. The van der Waals surface area contributed by atoms with E-state index >= 15 is 0 Å². The molecule has 0 atom stereocenters.